The summed E-state index contributed by atoms with van der Waals surface area (Å²) in [5.41, 5.74) is 0.335. The molecule has 0 saturated heterocycles. The van der Waals surface area contributed by atoms with Crippen molar-refractivity contribution in [2.45, 2.75) is 36.2 Å². The lowest BCUT2D eigenvalue weighted by Gasteiger charge is -2.41. The molecule has 126 valence electrons. The standard InChI is InChI=1S/C20H23NO2S/c1-4-21(5-2)19(22)14(3)20(23)15-10-6-8-12-17(15)24-18-13-9-7-11-16(18)20/h6-14,23H,4-5H2,1-3H3. The molecular weight excluding hydrogens is 318 g/mol. The number of nitrogens with zero attached hydrogens (tertiary/aromatic N) is 1. The van der Waals surface area contributed by atoms with Crippen LogP contribution in [0.4, 0.5) is 0 Å². The highest BCUT2D eigenvalue weighted by Crippen LogP contribution is 2.51. The second-order valence-electron chi connectivity index (χ2n) is 6.09. The van der Waals surface area contributed by atoms with Gasteiger partial charge in [0.05, 0.1) is 5.92 Å². The quantitative estimate of drug-likeness (QED) is 0.917. The number of aliphatic hydroxyl groups is 1. The van der Waals surface area contributed by atoms with Crippen LogP contribution in [-0.4, -0.2) is 29.0 Å². The molecule has 1 aliphatic rings. The zero-order valence-corrected chi connectivity index (χ0v) is 15.1. The van der Waals surface area contributed by atoms with Gasteiger partial charge in [-0.1, -0.05) is 55.1 Å². The van der Waals surface area contributed by atoms with Gasteiger partial charge >= 0.3 is 0 Å². The van der Waals surface area contributed by atoms with E-state index in [2.05, 4.69) is 0 Å². The van der Waals surface area contributed by atoms with Crippen molar-refractivity contribution in [3.63, 3.8) is 0 Å². The van der Waals surface area contributed by atoms with Crippen molar-refractivity contribution < 1.29 is 9.90 Å². The molecule has 0 saturated carbocycles. The van der Waals surface area contributed by atoms with Gasteiger partial charge in [0.15, 0.2) is 0 Å². The Morgan fingerprint density at radius 3 is 1.96 bits per heavy atom. The van der Waals surface area contributed by atoms with E-state index in [4.69, 9.17) is 0 Å². The fourth-order valence-corrected chi connectivity index (χ4v) is 4.66. The van der Waals surface area contributed by atoms with Gasteiger partial charge < -0.3 is 10.0 Å². The lowest BCUT2D eigenvalue weighted by atomic mass is 9.75. The summed E-state index contributed by atoms with van der Waals surface area (Å²) in [6.07, 6.45) is 0. The third-order valence-electron chi connectivity index (χ3n) is 4.89. The van der Waals surface area contributed by atoms with Crippen LogP contribution in [0.5, 0.6) is 0 Å². The number of amides is 1. The molecule has 1 unspecified atom stereocenters. The van der Waals surface area contributed by atoms with Gasteiger partial charge in [-0.2, -0.15) is 0 Å². The summed E-state index contributed by atoms with van der Waals surface area (Å²) in [4.78, 5) is 16.8. The van der Waals surface area contributed by atoms with Gasteiger partial charge in [0.1, 0.15) is 5.60 Å². The maximum atomic E-state index is 13.0. The van der Waals surface area contributed by atoms with Crippen LogP contribution in [0.25, 0.3) is 0 Å². The zero-order valence-electron chi connectivity index (χ0n) is 14.3. The largest absolute Gasteiger partial charge is 0.379 e. The van der Waals surface area contributed by atoms with Gasteiger partial charge in [-0.25, -0.2) is 0 Å². The first-order valence-corrected chi connectivity index (χ1v) is 9.23. The van der Waals surface area contributed by atoms with Crippen LogP contribution in [0.2, 0.25) is 0 Å². The molecule has 1 N–H and O–H groups in total. The number of carbonyl (C=O) groups is 1. The van der Waals surface area contributed by atoms with Crippen LogP contribution in [-0.2, 0) is 10.4 Å². The molecule has 0 radical (unpaired) electrons. The maximum absolute atomic E-state index is 13.0. The van der Waals surface area contributed by atoms with Crippen molar-refractivity contribution in [3.8, 4) is 0 Å². The van der Waals surface area contributed by atoms with E-state index in [-0.39, 0.29) is 5.91 Å². The molecule has 0 aliphatic carbocycles. The molecule has 2 aromatic rings. The fourth-order valence-electron chi connectivity index (χ4n) is 3.46. The number of benzene rings is 2. The molecule has 0 fully saturated rings. The van der Waals surface area contributed by atoms with Crippen LogP contribution in [0.1, 0.15) is 31.9 Å². The Bertz CT molecular complexity index is 709. The van der Waals surface area contributed by atoms with E-state index < -0.39 is 11.5 Å². The molecule has 1 atom stereocenters. The van der Waals surface area contributed by atoms with Crippen LogP contribution in [0.3, 0.4) is 0 Å². The lowest BCUT2D eigenvalue weighted by Crippen LogP contribution is -2.47. The van der Waals surface area contributed by atoms with Crippen molar-refractivity contribution in [2.75, 3.05) is 13.1 Å². The highest BCUT2D eigenvalue weighted by Gasteiger charge is 2.47. The van der Waals surface area contributed by atoms with Gasteiger partial charge in [0.2, 0.25) is 5.91 Å². The summed E-state index contributed by atoms with van der Waals surface area (Å²) in [6.45, 7) is 7.07. The van der Waals surface area contributed by atoms with Crippen LogP contribution >= 0.6 is 11.8 Å². The number of rotatable bonds is 4. The molecule has 1 amide bonds. The van der Waals surface area contributed by atoms with Gasteiger partial charge in [-0.3, -0.25) is 4.79 Å². The highest BCUT2D eigenvalue weighted by molar-refractivity contribution is 7.99. The van der Waals surface area contributed by atoms with E-state index in [0.717, 1.165) is 20.9 Å². The van der Waals surface area contributed by atoms with Crippen molar-refractivity contribution >= 4 is 17.7 Å². The predicted octanol–water partition coefficient (Wildman–Crippen LogP) is 3.89. The summed E-state index contributed by atoms with van der Waals surface area (Å²) in [5, 5.41) is 11.8. The SMILES string of the molecule is CCN(CC)C(=O)C(C)C1(O)c2ccccc2Sc2ccccc21. The Kier molecular flexibility index (Phi) is 4.70. The molecular formula is C20H23NO2S. The smallest absolute Gasteiger partial charge is 0.229 e. The topological polar surface area (TPSA) is 40.5 Å². The summed E-state index contributed by atoms with van der Waals surface area (Å²) >= 11 is 1.65. The number of carbonyl (C=O) groups excluding carboxylic acids is 1. The Balaban J connectivity index is 2.16. The van der Waals surface area contributed by atoms with Gasteiger partial charge in [0, 0.05) is 34.0 Å². The van der Waals surface area contributed by atoms with Crippen LogP contribution in [0, 0.1) is 5.92 Å². The lowest BCUT2D eigenvalue weighted by molar-refractivity contribution is -0.142. The van der Waals surface area contributed by atoms with Crippen molar-refractivity contribution in [3.05, 3.63) is 59.7 Å². The molecule has 3 nitrogen and oxygen atoms in total. The van der Waals surface area contributed by atoms with E-state index in [1.807, 2.05) is 69.3 Å². The number of hydrogen-bond donors (Lipinski definition) is 1. The summed E-state index contributed by atoms with van der Waals surface area (Å²) < 4.78 is 0. The average Bonchev–Trinajstić information content (AvgIpc) is 2.62. The van der Waals surface area contributed by atoms with E-state index in [9.17, 15) is 9.90 Å². The third-order valence-corrected chi connectivity index (χ3v) is 6.04. The van der Waals surface area contributed by atoms with Gasteiger partial charge in [-0.05, 0) is 26.0 Å². The third kappa shape index (κ3) is 2.54. The van der Waals surface area contributed by atoms with Crippen molar-refractivity contribution in [1.29, 1.82) is 0 Å². The summed E-state index contributed by atoms with van der Waals surface area (Å²) in [5.74, 6) is -0.570. The minimum absolute atomic E-state index is 0.0148. The first-order valence-electron chi connectivity index (χ1n) is 8.42. The fraction of sp³-hybridized carbons (Fsp3) is 0.350. The van der Waals surface area contributed by atoms with E-state index in [0.29, 0.717) is 13.1 Å². The summed E-state index contributed by atoms with van der Waals surface area (Å²) in [6, 6.07) is 15.7. The maximum Gasteiger partial charge on any atom is 0.229 e. The molecule has 2 aromatic carbocycles. The molecule has 4 heteroatoms. The Labute approximate surface area is 147 Å². The van der Waals surface area contributed by atoms with Crippen molar-refractivity contribution in [1.82, 2.24) is 4.90 Å². The predicted molar refractivity (Wildman–Crippen MR) is 97.1 cm³/mol. The second-order valence-corrected chi connectivity index (χ2v) is 7.18. The summed E-state index contributed by atoms with van der Waals surface area (Å²) in [7, 11) is 0. The van der Waals surface area contributed by atoms with Crippen molar-refractivity contribution in [2.24, 2.45) is 5.92 Å². The normalized spacial score (nSPS) is 16.0. The molecule has 1 aliphatic heterocycles. The Morgan fingerprint density at radius 2 is 1.50 bits per heavy atom. The molecule has 0 aromatic heterocycles. The number of hydrogen-bond acceptors (Lipinski definition) is 3. The monoisotopic (exact) mass is 341 g/mol. The molecule has 3 rings (SSSR count). The molecule has 0 spiro atoms. The number of fused-ring (bicyclic) bond motifs is 2. The highest BCUT2D eigenvalue weighted by atomic mass is 32.2. The molecule has 0 bridgehead atoms. The van der Waals surface area contributed by atoms with Gasteiger partial charge in [0.25, 0.3) is 0 Å². The van der Waals surface area contributed by atoms with E-state index >= 15 is 0 Å². The van der Waals surface area contributed by atoms with E-state index in [1.54, 1.807) is 16.7 Å². The first kappa shape index (κ1) is 17.1. The average molecular weight is 341 g/mol. The minimum Gasteiger partial charge on any atom is -0.379 e. The first-order chi connectivity index (χ1) is 11.5. The molecule has 1 heterocycles. The second kappa shape index (κ2) is 6.61. The van der Waals surface area contributed by atoms with E-state index in [1.165, 1.54) is 0 Å². The minimum atomic E-state index is -1.31. The molecule has 24 heavy (non-hydrogen) atoms. The zero-order chi connectivity index (χ0) is 17.3. The van der Waals surface area contributed by atoms with Crippen LogP contribution in [0.15, 0.2) is 58.3 Å². The Hall–Kier alpha value is -1.78. The van der Waals surface area contributed by atoms with Crippen LogP contribution < -0.4 is 0 Å². The Morgan fingerprint density at radius 1 is 1.04 bits per heavy atom. The van der Waals surface area contributed by atoms with Gasteiger partial charge in [-0.15, -0.1) is 0 Å².